The summed E-state index contributed by atoms with van der Waals surface area (Å²) in [4.78, 5) is 22.6. The number of carbonyl (C=O) groups excluding carboxylic acids is 1. The summed E-state index contributed by atoms with van der Waals surface area (Å²) in [5.74, 6) is 0.666. The number of amides is 1. The summed E-state index contributed by atoms with van der Waals surface area (Å²) in [7, 11) is -0.892. The van der Waals surface area contributed by atoms with Crippen molar-refractivity contribution in [3.8, 4) is 0 Å². The normalized spacial score (nSPS) is 25.6. The lowest BCUT2D eigenvalue weighted by atomic mass is 9.62. The van der Waals surface area contributed by atoms with Crippen LogP contribution in [0.25, 0.3) is 11.0 Å². The van der Waals surface area contributed by atoms with Gasteiger partial charge in [-0.3, -0.25) is 4.79 Å². The Morgan fingerprint density at radius 1 is 1.21 bits per heavy atom. The summed E-state index contributed by atoms with van der Waals surface area (Å²) < 4.78 is 6.19. The van der Waals surface area contributed by atoms with Gasteiger partial charge < -0.3 is 19.6 Å². The van der Waals surface area contributed by atoms with Gasteiger partial charge in [0.05, 0.1) is 5.60 Å². The molecule has 29 heavy (non-hydrogen) atoms. The second kappa shape index (κ2) is 6.32. The van der Waals surface area contributed by atoms with E-state index < -0.39 is 12.7 Å². The number of nitrogens with zero attached hydrogens (tertiary/aromatic N) is 2. The van der Waals surface area contributed by atoms with Crippen molar-refractivity contribution in [3.63, 3.8) is 0 Å². The zero-order valence-corrected chi connectivity index (χ0v) is 16.8. The van der Waals surface area contributed by atoms with Crippen molar-refractivity contribution < 1.29 is 14.5 Å². The molecule has 0 bridgehead atoms. The Morgan fingerprint density at radius 3 is 2.72 bits per heavy atom. The third-order valence-corrected chi connectivity index (χ3v) is 8.11. The van der Waals surface area contributed by atoms with Crippen molar-refractivity contribution >= 4 is 29.5 Å². The molecule has 2 aromatic rings. The highest BCUT2D eigenvalue weighted by molar-refractivity contribution is 6.62. The van der Waals surface area contributed by atoms with Gasteiger partial charge in [0.25, 0.3) is 0 Å². The molecule has 6 nitrogen and oxygen atoms in total. The van der Waals surface area contributed by atoms with Crippen molar-refractivity contribution in [1.29, 1.82) is 0 Å². The standard InChI is InChI=1S/C22H28BN3O3/c27-20(15-4-2-1-3-5-15)26-13-21(14-26)7-9-22(10-8-21)18-16-6-11-24-19(16)25-12-17(18)23(28)29-22/h6,11-12,15,28H,1-5,7-10,13-14H2,(H,24,25). The maximum absolute atomic E-state index is 12.8. The fraction of sp³-hybridized carbons (Fsp3) is 0.636. The van der Waals surface area contributed by atoms with Crippen LogP contribution in [0.15, 0.2) is 18.5 Å². The van der Waals surface area contributed by atoms with Gasteiger partial charge in [0.1, 0.15) is 5.65 Å². The van der Waals surface area contributed by atoms with Gasteiger partial charge in [-0.15, -0.1) is 0 Å². The Hall–Kier alpha value is -1.86. The molecule has 2 aliphatic carbocycles. The van der Waals surface area contributed by atoms with E-state index in [1.165, 1.54) is 19.3 Å². The summed E-state index contributed by atoms with van der Waals surface area (Å²) in [6, 6.07) is 2.04. The minimum absolute atomic E-state index is 0.247. The lowest BCUT2D eigenvalue weighted by Crippen LogP contribution is -2.61. The van der Waals surface area contributed by atoms with Gasteiger partial charge in [-0.1, -0.05) is 19.3 Å². The number of carbonyl (C=O) groups is 1. The number of nitrogens with one attached hydrogen (secondary N) is 1. The van der Waals surface area contributed by atoms with E-state index in [0.29, 0.717) is 5.91 Å². The number of aromatic nitrogens is 2. The third-order valence-electron chi connectivity index (χ3n) is 8.11. The molecule has 6 rings (SSSR count). The summed E-state index contributed by atoms with van der Waals surface area (Å²) in [5, 5.41) is 11.6. The highest BCUT2D eigenvalue weighted by Crippen LogP contribution is 2.54. The average molecular weight is 393 g/mol. The van der Waals surface area contributed by atoms with E-state index in [1.807, 2.05) is 12.3 Å². The maximum Gasteiger partial charge on any atom is 0.493 e. The molecule has 2 aromatic heterocycles. The average Bonchev–Trinajstić information content (AvgIpc) is 3.30. The van der Waals surface area contributed by atoms with Gasteiger partial charge in [0, 0.05) is 47.7 Å². The molecular weight excluding hydrogens is 365 g/mol. The van der Waals surface area contributed by atoms with Crippen LogP contribution in [-0.2, 0) is 15.0 Å². The van der Waals surface area contributed by atoms with E-state index in [4.69, 9.17) is 4.65 Å². The number of pyridine rings is 1. The smallest absolute Gasteiger partial charge is 0.423 e. The highest BCUT2D eigenvalue weighted by atomic mass is 16.5. The van der Waals surface area contributed by atoms with Crippen LogP contribution in [0, 0.1) is 11.3 Å². The lowest BCUT2D eigenvalue weighted by Gasteiger charge is -2.56. The van der Waals surface area contributed by atoms with Crippen LogP contribution in [0.5, 0.6) is 0 Å². The van der Waals surface area contributed by atoms with Crippen molar-refractivity contribution in [2.75, 3.05) is 13.1 Å². The number of hydrogen-bond acceptors (Lipinski definition) is 4. The first-order valence-electron chi connectivity index (χ1n) is 11.2. The van der Waals surface area contributed by atoms with Crippen LogP contribution in [0.1, 0.15) is 63.4 Å². The quantitative estimate of drug-likeness (QED) is 0.730. The molecule has 152 valence electrons. The molecule has 2 aliphatic heterocycles. The molecule has 1 amide bonds. The van der Waals surface area contributed by atoms with E-state index in [0.717, 1.165) is 73.7 Å². The van der Waals surface area contributed by atoms with Gasteiger partial charge in [0.15, 0.2) is 0 Å². The Morgan fingerprint density at radius 2 is 1.97 bits per heavy atom. The lowest BCUT2D eigenvalue weighted by molar-refractivity contribution is -0.155. The molecule has 4 aliphatic rings. The summed E-state index contributed by atoms with van der Waals surface area (Å²) in [6.07, 6.45) is 13.4. The largest absolute Gasteiger partial charge is 0.493 e. The Labute approximate surface area is 171 Å². The van der Waals surface area contributed by atoms with Crippen LogP contribution < -0.4 is 5.46 Å². The minimum Gasteiger partial charge on any atom is -0.423 e. The molecule has 2 N–H and O–H groups in total. The van der Waals surface area contributed by atoms with Crippen LogP contribution in [-0.4, -0.2) is 46.0 Å². The Balaban J connectivity index is 1.19. The fourth-order valence-corrected chi connectivity index (χ4v) is 6.45. The van der Waals surface area contributed by atoms with Gasteiger partial charge in [-0.2, -0.15) is 0 Å². The van der Waals surface area contributed by atoms with Crippen LogP contribution in [0.2, 0.25) is 0 Å². The zero-order valence-electron chi connectivity index (χ0n) is 16.8. The van der Waals surface area contributed by atoms with E-state index in [1.54, 1.807) is 6.20 Å². The second-order valence-electron chi connectivity index (χ2n) is 9.82. The zero-order chi connectivity index (χ0) is 19.6. The monoisotopic (exact) mass is 393 g/mol. The number of rotatable bonds is 1. The summed E-state index contributed by atoms with van der Waals surface area (Å²) in [5.41, 5.74) is 2.62. The second-order valence-corrected chi connectivity index (χ2v) is 9.82. The highest BCUT2D eigenvalue weighted by Gasteiger charge is 2.56. The molecule has 0 atom stereocenters. The first-order chi connectivity index (χ1) is 14.1. The maximum atomic E-state index is 12.8. The first-order valence-corrected chi connectivity index (χ1v) is 11.2. The van der Waals surface area contributed by atoms with E-state index >= 15 is 0 Å². The van der Waals surface area contributed by atoms with Gasteiger partial charge in [-0.05, 0) is 50.2 Å². The summed E-state index contributed by atoms with van der Waals surface area (Å²) >= 11 is 0. The number of H-pyrrole nitrogens is 1. The predicted molar refractivity (Wildman–Crippen MR) is 111 cm³/mol. The molecule has 2 spiro atoms. The number of likely N-dealkylation sites (tertiary alicyclic amines) is 1. The third kappa shape index (κ3) is 2.63. The Bertz CT molecular complexity index is 951. The SMILES string of the molecule is O=C(C1CCCCC1)N1CC2(CCC3(CC2)OB(O)c2cnc4[nH]ccc4c23)C1. The molecule has 3 fully saturated rings. The molecule has 0 unspecified atom stereocenters. The molecule has 1 saturated heterocycles. The number of fused-ring (bicyclic) bond motifs is 4. The molecule has 7 heteroatoms. The minimum atomic E-state index is -0.892. The van der Waals surface area contributed by atoms with E-state index in [2.05, 4.69) is 14.9 Å². The number of aromatic amines is 1. The van der Waals surface area contributed by atoms with Gasteiger partial charge in [-0.25, -0.2) is 4.98 Å². The molecule has 4 heterocycles. The molecule has 2 saturated carbocycles. The van der Waals surface area contributed by atoms with Gasteiger partial charge in [0.2, 0.25) is 5.91 Å². The van der Waals surface area contributed by atoms with Crippen LogP contribution in [0.3, 0.4) is 0 Å². The predicted octanol–water partition coefficient (Wildman–Crippen LogP) is 2.46. The first kappa shape index (κ1) is 18.0. The van der Waals surface area contributed by atoms with Crippen molar-refractivity contribution in [3.05, 3.63) is 24.0 Å². The van der Waals surface area contributed by atoms with Crippen molar-refractivity contribution in [2.24, 2.45) is 11.3 Å². The van der Waals surface area contributed by atoms with E-state index in [-0.39, 0.29) is 11.3 Å². The topological polar surface area (TPSA) is 78.5 Å². The number of hydrogen-bond donors (Lipinski definition) is 2. The van der Waals surface area contributed by atoms with Crippen molar-refractivity contribution in [1.82, 2.24) is 14.9 Å². The molecule has 0 radical (unpaired) electrons. The summed E-state index contributed by atoms with van der Waals surface area (Å²) in [6.45, 7) is 1.81. The van der Waals surface area contributed by atoms with Crippen LogP contribution in [0.4, 0.5) is 0 Å². The van der Waals surface area contributed by atoms with E-state index in [9.17, 15) is 9.82 Å². The molecular formula is C22H28BN3O3. The molecule has 0 aromatic carbocycles. The fourth-order valence-electron chi connectivity index (χ4n) is 6.45. The van der Waals surface area contributed by atoms with Crippen molar-refractivity contribution in [2.45, 2.75) is 63.4 Å². The van der Waals surface area contributed by atoms with Gasteiger partial charge >= 0.3 is 7.12 Å². The Kier molecular flexibility index (Phi) is 3.91. The van der Waals surface area contributed by atoms with Crippen LogP contribution >= 0.6 is 0 Å².